The summed E-state index contributed by atoms with van der Waals surface area (Å²) in [6.45, 7) is 11.0. The highest BCUT2D eigenvalue weighted by atomic mass is 35.5. The van der Waals surface area contributed by atoms with Crippen molar-refractivity contribution in [1.29, 1.82) is 0 Å². The van der Waals surface area contributed by atoms with Crippen LogP contribution in [0.5, 0.6) is 5.75 Å². The molecule has 1 rings (SSSR count). The highest BCUT2D eigenvalue weighted by Gasteiger charge is 2.10. The van der Waals surface area contributed by atoms with E-state index in [0.717, 1.165) is 5.57 Å². The summed E-state index contributed by atoms with van der Waals surface area (Å²) in [6, 6.07) is 4.68. The van der Waals surface area contributed by atoms with Crippen molar-refractivity contribution in [2.75, 3.05) is 13.2 Å². The van der Waals surface area contributed by atoms with Crippen LogP contribution >= 0.6 is 11.6 Å². The maximum Gasteiger partial charge on any atom is 0.183 e. The van der Waals surface area contributed by atoms with Crippen LogP contribution < -0.4 is 10.1 Å². The molecule has 2 nitrogen and oxygen atoms in total. The lowest BCUT2D eigenvalue weighted by Crippen LogP contribution is -2.37. The summed E-state index contributed by atoms with van der Waals surface area (Å²) in [5, 5.41) is 3.35. The lowest BCUT2D eigenvalue weighted by atomic mass is 10.1. The van der Waals surface area contributed by atoms with Crippen LogP contribution in [-0.2, 0) is 0 Å². The first-order valence-corrected chi connectivity index (χ1v) is 6.16. The predicted molar refractivity (Wildman–Crippen MR) is 73.8 cm³/mol. The van der Waals surface area contributed by atoms with Gasteiger partial charge in [0.15, 0.2) is 11.6 Å². The van der Waals surface area contributed by atoms with Crippen molar-refractivity contribution in [3.05, 3.63) is 41.2 Å². The average Bonchev–Trinajstić information content (AvgIpc) is 2.27. The Morgan fingerprint density at radius 1 is 1.44 bits per heavy atom. The molecule has 0 saturated heterocycles. The van der Waals surface area contributed by atoms with Crippen molar-refractivity contribution in [2.45, 2.75) is 26.3 Å². The average molecular weight is 272 g/mol. The summed E-state index contributed by atoms with van der Waals surface area (Å²) < 4.78 is 18.9. The van der Waals surface area contributed by atoms with E-state index in [4.69, 9.17) is 16.3 Å². The van der Waals surface area contributed by atoms with E-state index in [2.05, 4.69) is 32.7 Å². The van der Waals surface area contributed by atoms with Gasteiger partial charge < -0.3 is 10.1 Å². The molecule has 0 aliphatic heterocycles. The predicted octanol–water partition coefficient (Wildman–Crippen LogP) is 3.80. The molecular formula is C14H19ClFNO. The molecule has 0 radical (unpaired) electrons. The quantitative estimate of drug-likeness (QED) is 0.823. The molecule has 0 bridgehead atoms. The van der Waals surface area contributed by atoms with Crippen molar-refractivity contribution >= 4 is 11.6 Å². The Morgan fingerprint density at radius 2 is 2.11 bits per heavy atom. The number of ether oxygens (including phenoxy) is 1. The largest absolute Gasteiger partial charge is 0.486 e. The highest BCUT2D eigenvalue weighted by Crippen LogP contribution is 2.24. The Balaban J connectivity index is 2.46. The summed E-state index contributed by atoms with van der Waals surface area (Å²) >= 11 is 5.66. The van der Waals surface area contributed by atoms with Gasteiger partial charge in [-0.3, -0.25) is 0 Å². The summed E-state index contributed by atoms with van der Waals surface area (Å²) in [6.07, 6.45) is 0. The first-order chi connectivity index (χ1) is 8.29. The molecule has 0 amide bonds. The van der Waals surface area contributed by atoms with Crippen LogP contribution in [-0.4, -0.2) is 18.7 Å². The number of benzene rings is 1. The van der Waals surface area contributed by atoms with Gasteiger partial charge >= 0.3 is 0 Å². The Morgan fingerprint density at radius 3 is 2.72 bits per heavy atom. The van der Waals surface area contributed by atoms with Gasteiger partial charge in [0.25, 0.3) is 0 Å². The molecule has 0 atom stereocenters. The zero-order valence-corrected chi connectivity index (χ0v) is 11.8. The van der Waals surface area contributed by atoms with E-state index >= 15 is 0 Å². The van der Waals surface area contributed by atoms with Gasteiger partial charge in [0.05, 0.1) is 5.02 Å². The molecular weight excluding hydrogens is 253 g/mol. The zero-order valence-electron chi connectivity index (χ0n) is 11.0. The van der Waals surface area contributed by atoms with Crippen molar-refractivity contribution in [1.82, 2.24) is 5.32 Å². The summed E-state index contributed by atoms with van der Waals surface area (Å²) in [5.74, 6) is -0.379. The Kier molecular flexibility index (Phi) is 5.17. The molecule has 18 heavy (non-hydrogen) atoms. The first kappa shape index (κ1) is 15.0. The van der Waals surface area contributed by atoms with Crippen molar-refractivity contribution in [3.8, 4) is 5.75 Å². The summed E-state index contributed by atoms with van der Waals surface area (Å²) in [5.41, 5.74) is 0.869. The van der Waals surface area contributed by atoms with Gasteiger partial charge in [-0.05, 0) is 38.5 Å². The molecule has 0 heterocycles. The van der Waals surface area contributed by atoms with Crippen molar-refractivity contribution in [3.63, 3.8) is 0 Å². The van der Waals surface area contributed by atoms with Crippen LogP contribution in [0.3, 0.4) is 0 Å². The number of rotatable bonds is 5. The van der Waals surface area contributed by atoms with Crippen molar-refractivity contribution < 1.29 is 9.13 Å². The normalized spacial score (nSPS) is 11.4. The van der Waals surface area contributed by atoms with E-state index in [-0.39, 0.29) is 22.9 Å². The fraction of sp³-hybridized carbons (Fsp3) is 0.429. The van der Waals surface area contributed by atoms with E-state index in [0.29, 0.717) is 6.54 Å². The maximum absolute atomic E-state index is 13.5. The number of hydrogen-bond donors (Lipinski definition) is 1. The minimum absolute atomic E-state index is 0.0181. The minimum atomic E-state index is -0.532. The second-order valence-corrected chi connectivity index (χ2v) is 5.60. The highest BCUT2D eigenvalue weighted by molar-refractivity contribution is 6.30. The molecule has 4 heteroatoms. The SMILES string of the molecule is C=C(CNC(C)(C)C)COc1cccc(Cl)c1F. The lowest BCUT2D eigenvalue weighted by Gasteiger charge is -2.21. The lowest BCUT2D eigenvalue weighted by molar-refractivity contribution is 0.324. The fourth-order valence-electron chi connectivity index (χ4n) is 1.22. The van der Waals surface area contributed by atoms with Gasteiger partial charge in [-0.15, -0.1) is 0 Å². The van der Waals surface area contributed by atoms with Gasteiger partial charge in [0, 0.05) is 12.1 Å². The molecule has 0 fully saturated rings. The monoisotopic (exact) mass is 271 g/mol. The Hall–Kier alpha value is -1.06. The topological polar surface area (TPSA) is 21.3 Å². The van der Waals surface area contributed by atoms with Crippen LogP contribution in [0.15, 0.2) is 30.4 Å². The third-order valence-corrected chi connectivity index (χ3v) is 2.51. The number of nitrogens with one attached hydrogen (secondary N) is 1. The van der Waals surface area contributed by atoms with Gasteiger partial charge in [0.1, 0.15) is 6.61 Å². The van der Waals surface area contributed by atoms with Gasteiger partial charge in [-0.2, -0.15) is 0 Å². The van der Waals surface area contributed by atoms with E-state index in [1.54, 1.807) is 12.1 Å². The smallest absolute Gasteiger partial charge is 0.183 e. The summed E-state index contributed by atoms with van der Waals surface area (Å²) in [4.78, 5) is 0. The van der Waals surface area contributed by atoms with E-state index in [1.807, 2.05) is 0 Å². The van der Waals surface area contributed by atoms with Crippen LogP contribution in [0.2, 0.25) is 5.02 Å². The van der Waals surface area contributed by atoms with E-state index in [9.17, 15) is 4.39 Å². The first-order valence-electron chi connectivity index (χ1n) is 5.78. The third kappa shape index (κ3) is 5.07. The van der Waals surface area contributed by atoms with Gasteiger partial charge in [-0.1, -0.05) is 24.2 Å². The molecule has 0 aromatic heterocycles. The molecule has 0 unspecified atom stereocenters. The van der Waals surface area contributed by atoms with E-state index < -0.39 is 5.82 Å². The number of halogens is 2. The third-order valence-electron chi connectivity index (χ3n) is 2.22. The molecule has 1 N–H and O–H groups in total. The standard InChI is InChI=1S/C14H19ClFNO/c1-10(8-17-14(2,3)4)9-18-12-7-5-6-11(15)13(12)16/h5-7,17H,1,8-9H2,2-4H3. The minimum Gasteiger partial charge on any atom is -0.486 e. The Bertz CT molecular complexity index is 426. The summed E-state index contributed by atoms with van der Waals surface area (Å²) in [7, 11) is 0. The van der Waals surface area contributed by atoms with Gasteiger partial charge in [0.2, 0.25) is 0 Å². The molecule has 0 spiro atoms. The number of hydrogen-bond acceptors (Lipinski definition) is 2. The molecule has 1 aromatic rings. The molecule has 1 aromatic carbocycles. The van der Waals surface area contributed by atoms with Gasteiger partial charge in [-0.25, -0.2) is 4.39 Å². The fourth-order valence-corrected chi connectivity index (χ4v) is 1.38. The maximum atomic E-state index is 13.5. The molecule has 0 aliphatic carbocycles. The van der Waals surface area contributed by atoms with Crippen LogP contribution in [0.1, 0.15) is 20.8 Å². The van der Waals surface area contributed by atoms with Crippen LogP contribution in [0.25, 0.3) is 0 Å². The second kappa shape index (κ2) is 6.21. The second-order valence-electron chi connectivity index (χ2n) is 5.19. The molecule has 100 valence electrons. The van der Waals surface area contributed by atoms with Crippen molar-refractivity contribution in [2.24, 2.45) is 0 Å². The molecule has 0 aliphatic rings. The zero-order chi connectivity index (χ0) is 13.8. The molecule has 0 saturated carbocycles. The Labute approximate surface area is 113 Å². The van der Waals surface area contributed by atoms with Crippen LogP contribution in [0, 0.1) is 5.82 Å². The van der Waals surface area contributed by atoms with Crippen LogP contribution in [0.4, 0.5) is 4.39 Å². The van der Waals surface area contributed by atoms with E-state index in [1.165, 1.54) is 6.07 Å².